The molecular weight excluding hydrogens is 307 g/mol. The van der Waals surface area contributed by atoms with E-state index in [0.29, 0.717) is 5.92 Å². The zero-order chi connectivity index (χ0) is 16.9. The van der Waals surface area contributed by atoms with E-state index in [1.165, 1.54) is 12.1 Å². The molecule has 24 heavy (non-hydrogen) atoms. The largest absolute Gasteiger partial charge is 0.356 e. The number of carbonyl (C=O) groups is 1. The van der Waals surface area contributed by atoms with Crippen molar-refractivity contribution in [2.24, 2.45) is 5.92 Å². The Morgan fingerprint density at radius 2 is 1.96 bits per heavy atom. The number of rotatable bonds is 5. The smallest absolute Gasteiger partial charge is 0.216 e. The van der Waals surface area contributed by atoms with Crippen LogP contribution in [-0.2, 0) is 11.5 Å². The summed E-state index contributed by atoms with van der Waals surface area (Å²) in [5, 5.41) is 7.48. The maximum absolute atomic E-state index is 13.0. The molecule has 1 saturated heterocycles. The predicted octanol–water partition coefficient (Wildman–Crippen LogP) is 2.49. The minimum Gasteiger partial charge on any atom is -0.356 e. The molecule has 0 radical (unpaired) electrons. The van der Waals surface area contributed by atoms with Gasteiger partial charge in [0.05, 0.1) is 12.4 Å². The molecule has 3 rings (SSSR count). The zero-order valence-corrected chi connectivity index (χ0v) is 13.9. The van der Waals surface area contributed by atoms with Gasteiger partial charge >= 0.3 is 0 Å². The van der Waals surface area contributed by atoms with Crippen molar-refractivity contribution in [3.05, 3.63) is 42.3 Å². The van der Waals surface area contributed by atoms with Crippen molar-refractivity contribution in [1.29, 1.82) is 0 Å². The Kier molecular flexibility index (Phi) is 5.25. The van der Waals surface area contributed by atoms with Gasteiger partial charge in [-0.25, -0.2) is 4.39 Å². The second-order valence-corrected chi connectivity index (χ2v) is 6.39. The fourth-order valence-electron chi connectivity index (χ4n) is 3.04. The van der Waals surface area contributed by atoms with Gasteiger partial charge in [0.1, 0.15) is 5.82 Å². The molecule has 2 aromatic rings. The molecule has 1 aliphatic rings. The zero-order valence-electron chi connectivity index (χ0n) is 13.9. The maximum atomic E-state index is 13.0. The van der Waals surface area contributed by atoms with Gasteiger partial charge in [-0.2, -0.15) is 5.10 Å². The van der Waals surface area contributed by atoms with Crippen LogP contribution in [0.4, 0.5) is 4.39 Å². The van der Waals surface area contributed by atoms with Crippen molar-refractivity contribution in [3.63, 3.8) is 0 Å². The van der Waals surface area contributed by atoms with E-state index in [1.54, 1.807) is 19.1 Å². The first-order valence-electron chi connectivity index (χ1n) is 8.36. The number of aromatic nitrogens is 2. The first-order chi connectivity index (χ1) is 11.6. The van der Waals surface area contributed by atoms with Crippen LogP contribution in [0.2, 0.25) is 0 Å². The van der Waals surface area contributed by atoms with Gasteiger partial charge in [0.2, 0.25) is 5.91 Å². The van der Waals surface area contributed by atoms with E-state index in [0.717, 1.165) is 50.4 Å². The maximum Gasteiger partial charge on any atom is 0.216 e. The van der Waals surface area contributed by atoms with Crippen LogP contribution in [0.1, 0.15) is 19.8 Å². The number of hydrogen-bond donors (Lipinski definition) is 1. The molecule has 1 aromatic carbocycles. The lowest BCUT2D eigenvalue weighted by atomic mass is 9.97. The molecule has 1 fully saturated rings. The molecule has 0 saturated carbocycles. The van der Waals surface area contributed by atoms with Gasteiger partial charge in [0.15, 0.2) is 0 Å². The molecule has 1 aliphatic heterocycles. The Labute approximate surface area is 141 Å². The number of hydrogen-bond acceptors (Lipinski definition) is 3. The number of piperidine rings is 1. The summed E-state index contributed by atoms with van der Waals surface area (Å²) < 4.78 is 14.9. The molecule has 2 heterocycles. The van der Waals surface area contributed by atoms with E-state index < -0.39 is 0 Å². The Balaban J connectivity index is 1.51. The number of carbonyl (C=O) groups excluding carboxylic acids is 1. The van der Waals surface area contributed by atoms with Gasteiger partial charge in [0.25, 0.3) is 0 Å². The quantitative estimate of drug-likeness (QED) is 0.916. The number of benzene rings is 1. The summed E-state index contributed by atoms with van der Waals surface area (Å²) >= 11 is 0. The van der Waals surface area contributed by atoms with E-state index >= 15 is 0 Å². The predicted molar refractivity (Wildman–Crippen MR) is 90.6 cm³/mol. The molecule has 1 aromatic heterocycles. The molecule has 6 heteroatoms. The van der Waals surface area contributed by atoms with Crippen LogP contribution >= 0.6 is 0 Å². The molecule has 0 atom stereocenters. The lowest BCUT2D eigenvalue weighted by Gasteiger charge is -2.31. The number of likely N-dealkylation sites (tertiary alicyclic amines) is 1. The summed E-state index contributed by atoms with van der Waals surface area (Å²) in [4.78, 5) is 13.3. The molecule has 128 valence electrons. The van der Waals surface area contributed by atoms with Crippen LogP contribution in [-0.4, -0.2) is 40.2 Å². The number of nitrogens with zero attached hydrogens (tertiary/aromatic N) is 3. The van der Waals surface area contributed by atoms with Crippen molar-refractivity contribution in [2.45, 2.75) is 26.4 Å². The van der Waals surface area contributed by atoms with Gasteiger partial charge in [-0.15, -0.1) is 0 Å². The lowest BCUT2D eigenvalue weighted by Crippen LogP contribution is -2.39. The van der Waals surface area contributed by atoms with Crippen molar-refractivity contribution in [1.82, 2.24) is 20.0 Å². The van der Waals surface area contributed by atoms with Crippen molar-refractivity contribution >= 4 is 5.91 Å². The fourth-order valence-corrected chi connectivity index (χ4v) is 3.04. The van der Waals surface area contributed by atoms with E-state index in [4.69, 9.17) is 0 Å². The van der Waals surface area contributed by atoms with E-state index in [9.17, 15) is 9.18 Å². The second kappa shape index (κ2) is 7.57. The topological polar surface area (TPSA) is 50.2 Å². The Morgan fingerprint density at radius 3 is 2.62 bits per heavy atom. The SMILES string of the molecule is CC(=O)NCC1CCN(Cn2ccc(-c3ccc(F)cc3)n2)CC1. The first-order valence-corrected chi connectivity index (χ1v) is 8.36. The van der Waals surface area contributed by atoms with E-state index in [2.05, 4.69) is 15.3 Å². The molecule has 1 N–H and O–H groups in total. The summed E-state index contributed by atoms with van der Waals surface area (Å²) in [6, 6.07) is 8.35. The minimum atomic E-state index is -0.236. The average molecular weight is 330 g/mol. The van der Waals surface area contributed by atoms with E-state index in [-0.39, 0.29) is 11.7 Å². The van der Waals surface area contributed by atoms with Crippen LogP contribution in [0.5, 0.6) is 0 Å². The van der Waals surface area contributed by atoms with Crippen molar-refractivity contribution in [3.8, 4) is 11.3 Å². The summed E-state index contributed by atoms with van der Waals surface area (Å²) in [5.74, 6) is 0.375. The third kappa shape index (κ3) is 4.41. The second-order valence-electron chi connectivity index (χ2n) is 6.39. The molecule has 5 nitrogen and oxygen atoms in total. The van der Waals surface area contributed by atoms with Crippen LogP contribution in [0.3, 0.4) is 0 Å². The highest BCUT2D eigenvalue weighted by molar-refractivity contribution is 5.72. The third-order valence-electron chi connectivity index (χ3n) is 4.47. The highest BCUT2D eigenvalue weighted by Crippen LogP contribution is 2.19. The minimum absolute atomic E-state index is 0.0438. The van der Waals surface area contributed by atoms with Crippen LogP contribution in [0.15, 0.2) is 36.5 Å². The summed E-state index contributed by atoms with van der Waals surface area (Å²) in [7, 11) is 0. The summed E-state index contributed by atoms with van der Waals surface area (Å²) in [6.45, 7) is 5.12. The monoisotopic (exact) mass is 330 g/mol. The first kappa shape index (κ1) is 16.6. The van der Waals surface area contributed by atoms with Gasteiger partial charge in [-0.1, -0.05) is 0 Å². The number of halogens is 1. The fraction of sp³-hybridized carbons (Fsp3) is 0.444. The molecule has 1 amide bonds. The van der Waals surface area contributed by atoms with Gasteiger partial charge in [0, 0.05) is 38.3 Å². The Hall–Kier alpha value is -2.21. The number of nitrogens with one attached hydrogen (secondary N) is 1. The van der Waals surface area contributed by atoms with Crippen molar-refractivity contribution < 1.29 is 9.18 Å². The number of amides is 1. The van der Waals surface area contributed by atoms with Gasteiger partial charge in [-0.3, -0.25) is 14.4 Å². The van der Waals surface area contributed by atoms with Gasteiger partial charge < -0.3 is 5.32 Å². The Bertz CT molecular complexity index is 675. The molecular formula is C18H23FN4O. The lowest BCUT2D eigenvalue weighted by molar-refractivity contribution is -0.119. The van der Waals surface area contributed by atoms with Crippen LogP contribution in [0, 0.1) is 11.7 Å². The Morgan fingerprint density at radius 1 is 1.25 bits per heavy atom. The third-order valence-corrected chi connectivity index (χ3v) is 4.47. The van der Waals surface area contributed by atoms with Crippen LogP contribution < -0.4 is 5.32 Å². The standard InChI is InChI=1S/C18H23FN4O/c1-14(24)20-12-15-6-9-22(10-7-15)13-23-11-8-18(21-23)16-2-4-17(19)5-3-16/h2-5,8,11,15H,6-7,9-10,12-13H2,1H3,(H,20,24). The average Bonchev–Trinajstić information content (AvgIpc) is 3.03. The molecule has 0 aliphatic carbocycles. The molecule has 0 spiro atoms. The van der Waals surface area contributed by atoms with Crippen LogP contribution in [0.25, 0.3) is 11.3 Å². The summed E-state index contributed by atoms with van der Waals surface area (Å²) in [5.41, 5.74) is 1.78. The highest BCUT2D eigenvalue weighted by atomic mass is 19.1. The van der Waals surface area contributed by atoms with Gasteiger partial charge in [-0.05, 0) is 49.1 Å². The molecule has 0 bridgehead atoms. The highest BCUT2D eigenvalue weighted by Gasteiger charge is 2.19. The summed E-state index contributed by atoms with van der Waals surface area (Å²) in [6.07, 6.45) is 4.14. The molecule has 0 unspecified atom stereocenters. The van der Waals surface area contributed by atoms with E-state index in [1.807, 2.05) is 16.9 Å². The normalized spacial score (nSPS) is 16.2. The van der Waals surface area contributed by atoms with Crippen molar-refractivity contribution in [2.75, 3.05) is 19.6 Å².